The van der Waals surface area contributed by atoms with Gasteiger partial charge in [0.25, 0.3) is 0 Å². The molecule has 1 aliphatic heterocycles. The van der Waals surface area contributed by atoms with Gasteiger partial charge < -0.3 is 15.6 Å². The van der Waals surface area contributed by atoms with Crippen LogP contribution in [0.25, 0.3) is 0 Å². The topological polar surface area (TPSA) is 58.7 Å². The van der Waals surface area contributed by atoms with Crippen LogP contribution in [-0.4, -0.2) is 55.5 Å². The molecule has 0 bridgehead atoms. The van der Waals surface area contributed by atoms with E-state index in [1.54, 1.807) is 7.11 Å². The summed E-state index contributed by atoms with van der Waals surface area (Å²) >= 11 is 0. The van der Waals surface area contributed by atoms with Gasteiger partial charge in [0, 0.05) is 13.2 Å². The zero-order valence-electron chi connectivity index (χ0n) is 12.2. The summed E-state index contributed by atoms with van der Waals surface area (Å²) in [4.78, 5) is 2.34. The van der Waals surface area contributed by atoms with E-state index < -0.39 is 0 Å². The molecule has 0 aromatic rings. The molecule has 3 N–H and O–H groups in total. The third-order valence-corrected chi connectivity index (χ3v) is 4.87. The zero-order valence-corrected chi connectivity index (χ0v) is 12.2. The van der Waals surface area contributed by atoms with Crippen molar-refractivity contribution in [3.05, 3.63) is 0 Å². The second kappa shape index (κ2) is 7.43. The number of ether oxygens (including phenoxy) is 1. The van der Waals surface area contributed by atoms with E-state index in [1.807, 2.05) is 0 Å². The zero-order chi connectivity index (χ0) is 13.6. The second-order valence-electron chi connectivity index (χ2n) is 5.61. The van der Waals surface area contributed by atoms with Gasteiger partial charge in [-0.2, -0.15) is 0 Å². The molecule has 0 aromatic carbocycles. The van der Waals surface area contributed by atoms with Crippen molar-refractivity contribution in [3.8, 4) is 0 Å². The van der Waals surface area contributed by atoms with Gasteiger partial charge in [-0.05, 0) is 31.3 Å². The third-order valence-electron chi connectivity index (χ3n) is 4.87. The molecule has 0 amide bonds. The lowest BCUT2D eigenvalue weighted by molar-refractivity contribution is 0.0203. The maximum absolute atomic E-state index is 9.54. The quantitative estimate of drug-likeness (QED) is 0.721. The minimum Gasteiger partial charge on any atom is -0.395 e. The third kappa shape index (κ3) is 3.67. The molecule has 1 rings (SSSR count). The number of rotatable bonds is 7. The van der Waals surface area contributed by atoms with Gasteiger partial charge in [-0.25, -0.2) is 0 Å². The van der Waals surface area contributed by atoms with Crippen LogP contribution in [0.2, 0.25) is 0 Å². The predicted octanol–water partition coefficient (Wildman–Crippen LogP) is 1.22. The van der Waals surface area contributed by atoms with Crippen molar-refractivity contribution in [3.63, 3.8) is 0 Å². The first-order valence-corrected chi connectivity index (χ1v) is 7.22. The van der Waals surface area contributed by atoms with Crippen LogP contribution in [0.1, 0.15) is 39.5 Å². The van der Waals surface area contributed by atoms with Crippen LogP contribution in [0, 0.1) is 5.41 Å². The maximum atomic E-state index is 9.54. The Balaban J connectivity index is 2.54. The van der Waals surface area contributed by atoms with E-state index >= 15 is 0 Å². The summed E-state index contributed by atoms with van der Waals surface area (Å²) in [7, 11) is 1.66. The van der Waals surface area contributed by atoms with Gasteiger partial charge >= 0.3 is 0 Å². The van der Waals surface area contributed by atoms with Crippen LogP contribution < -0.4 is 5.73 Å². The molecular formula is C14H30N2O2. The van der Waals surface area contributed by atoms with E-state index in [4.69, 9.17) is 10.5 Å². The fourth-order valence-electron chi connectivity index (χ4n) is 3.11. The van der Waals surface area contributed by atoms with Gasteiger partial charge in [0.05, 0.1) is 19.3 Å². The normalized spacial score (nSPS) is 23.8. The first kappa shape index (κ1) is 15.9. The molecule has 0 saturated carbocycles. The standard InChI is InChI=1S/C14H30N2O2/c1-4-14(5-2)6-8-16(9-7-14)13(10-17)12(15)11-18-3/h12-13,17H,4-11,15H2,1-3H3. The minimum absolute atomic E-state index is 0.0386. The second-order valence-corrected chi connectivity index (χ2v) is 5.61. The van der Waals surface area contributed by atoms with E-state index in [2.05, 4.69) is 18.7 Å². The summed E-state index contributed by atoms with van der Waals surface area (Å²) in [5, 5.41) is 9.54. The number of aliphatic hydroxyl groups excluding tert-OH is 1. The summed E-state index contributed by atoms with van der Waals surface area (Å²) < 4.78 is 5.10. The van der Waals surface area contributed by atoms with Crippen LogP contribution in [0.5, 0.6) is 0 Å². The number of piperidine rings is 1. The highest BCUT2D eigenvalue weighted by Gasteiger charge is 2.35. The molecule has 2 unspecified atom stereocenters. The Morgan fingerprint density at radius 1 is 1.28 bits per heavy atom. The van der Waals surface area contributed by atoms with E-state index in [0.717, 1.165) is 13.1 Å². The SMILES string of the molecule is CCC1(CC)CCN(C(CO)C(N)COC)CC1. The molecule has 1 saturated heterocycles. The summed E-state index contributed by atoms with van der Waals surface area (Å²) in [5.41, 5.74) is 6.59. The predicted molar refractivity (Wildman–Crippen MR) is 74.5 cm³/mol. The monoisotopic (exact) mass is 258 g/mol. The van der Waals surface area contributed by atoms with E-state index in [1.165, 1.54) is 25.7 Å². The van der Waals surface area contributed by atoms with Crippen molar-refractivity contribution >= 4 is 0 Å². The number of methoxy groups -OCH3 is 1. The van der Waals surface area contributed by atoms with Crippen LogP contribution in [-0.2, 0) is 4.74 Å². The smallest absolute Gasteiger partial charge is 0.0629 e. The highest BCUT2D eigenvalue weighted by Crippen LogP contribution is 2.38. The Labute approximate surface area is 111 Å². The summed E-state index contributed by atoms with van der Waals surface area (Å²) in [6, 6.07) is -0.0626. The molecule has 1 heterocycles. The van der Waals surface area contributed by atoms with Gasteiger partial charge in [0.1, 0.15) is 0 Å². The fraction of sp³-hybridized carbons (Fsp3) is 1.00. The summed E-state index contributed by atoms with van der Waals surface area (Å²) in [6.45, 7) is 7.30. The molecule has 0 aliphatic carbocycles. The van der Waals surface area contributed by atoms with E-state index in [9.17, 15) is 5.11 Å². The molecule has 0 spiro atoms. The molecule has 1 aliphatic rings. The number of nitrogens with two attached hydrogens (primary N) is 1. The van der Waals surface area contributed by atoms with Crippen molar-refractivity contribution < 1.29 is 9.84 Å². The summed E-state index contributed by atoms with van der Waals surface area (Å²) in [6.07, 6.45) is 4.95. The first-order chi connectivity index (χ1) is 8.62. The highest BCUT2D eigenvalue weighted by molar-refractivity contribution is 4.89. The molecular weight excluding hydrogens is 228 g/mol. The maximum Gasteiger partial charge on any atom is 0.0629 e. The van der Waals surface area contributed by atoms with Crippen LogP contribution in [0.4, 0.5) is 0 Å². The average molecular weight is 258 g/mol. The van der Waals surface area contributed by atoms with Crippen molar-refractivity contribution in [2.45, 2.75) is 51.6 Å². The lowest BCUT2D eigenvalue weighted by Crippen LogP contribution is -2.55. The Bertz CT molecular complexity index is 222. The van der Waals surface area contributed by atoms with Gasteiger partial charge in [-0.3, -0.25) is 4.90 Å². The number of likely N-dealkylation sites (tertiary alicyclic amines) is 1. The Morgan fingerprint density at radius 2 is 1.83 bits per heavy atom. The van der Waals surface area contributed by atoms with Gasteiger partial charge in [-0.1, -0.05) is 26.7 Å². The molecule has 2 atom stereocenters. The van der Waals surface area contributed by atoms with Crippen molar-refractivity contribution in [1.29, 1.82) is 0 Å². The van der Waals surface area contributed by atoms with Crippen LogP contribution in [0.3, 0.4) is 0 Å². The highest BCUT2D eigenvalue weighted by atomic mass is 16.5. The number of hydrogen-bond donors (Lipinski definition) is 2. The van der Waals surface area contributed by atoms with E-state index in [-0.39, 0.29) is 18.7 Å². The van der Waals surface area contributed by atoms with Gasteiger partial charge in [0.15, 0.2) is 0 Å². The lowest BCUT2D eigenvalue weighted by Gasteiger charge is -2.44. The number of aliphatic hydroxyl groups is 1. The van der Waals surface area contributed by atoms with Crippen molar-refractivity contribution in [2.75, 3.05) is 33.4 Å². The van der Waals surface area contributed by atoms with Crippen molar-refractivity contribution in [2.24, 2.45) is 11.1 Å². The number of hydrogen-bond acceptors (Lipinski definition) is 4. The first-order valence-electron chi connectivity index (χ1n) is 7.22. The minimum atomic E-state index is -0.101. The Morgan fingerprint density at radius 3 is 2.22 bits per heavy atom. The lowest BCUT2D eigenvalue weighted by atomic mass is 9.74. The molecule has 0 radical (unpaired) electrons. The Kier molecular flexibility index (Phi) is 6.57. The van der Waals surface area contributed by atoms with E-state index in [0.29, 0.717) is 12.0 Å². The largest absolute Gasteiger partial charge is 0.395 e. The van der Waals surface area contributed by atoms with Gasteiger partial charge in [0.2, 0.25) is 0 Å². The molecule has 108 valence electrons. The van der Waals surface area contributed by atoms with Crippen molar-refractivity contribution in [1.82, 2.24) is 4.90 Å². The average Bonchev–Trinajstić information content (AvgIpc) is 2.41. The molecule has 18 heavy (non-hydrogen) atoms. The molecule has 1 fully saturated rings. The molecule has 0 aromatic heterocycles. The molecule has 4 nitrogen and oxygen atoms in total. The Hall–Kier alpha value is -0.160. The van der Waals surface area contributed by atoms with Crippen LogP contribution in [0.15, 0.2) is 0 Å². The number of nitrogens with zero attached hydrogens (tertiary/aromatic N) is 1. The fourth-order valence-corrected chi connectivity index (χ4v) is 3.11. The molecule has 4 heteroatoms. The summed E-state index contributed by atoms with van der Waals surface area (Å²) in [5.74, 6) is 0. The van der Waals surface area contributed by atoms with Gasteiger partial charge in [-0.15, -0.1) is 0 Å². The van der Waals surface area contributed by atoms with Crippen LogP contribution >= 0.6 is 0 Å².